The minimum absolute atomic E-state index is 0.718. The summed E-state index contributed by atoms with van der Waals surface area (Å²) in [6.07, 6.45) is 0. The third-order valence-electron chi connectivity index (χ3n) is 3.12. The molecule has 0 saturated carbocycles. The Balaban J connectivity index is 2.23. The molecule has 2 aromatic carbocycles. The lowest BCUT2D eigenvalue weighted by atomic mass is 10.1. The molecule has 1 N–H and O–H groups in total. The number of halogens is 2. The van der Waals surface area contributed by atoms with Gasteiger partial charge in [0.15, 0.2) is 0 Å². The number of nitrogens with one attached hydrogen (secondary N) is 1. The van der Waals surface area contributed by atoms with E-state index in [9.17, 15) is 0 Å². The van der Waals surface area contributed by atoms with E-state index in [1.165, 1.54) is 0 Å². The molecule has 0 unspecified atom stereocenters. The Bertz CT molecular complexity index is 777. The number of imidazole rings is 1. The Kier molecular flexibility index (Phi) is 3.11. The van der Waals surface area contributed by atoms with Crippen LogP contribution < -0.4 is 0 Å². The summed E-state index contributed by atoms with van der Waals surface area (Å²) < 4.78 is 1.04. The van der Waals surface area contributed by atoms with Gasteiger partial charge >= 0.3 is 0 Å². The van der Waals surface area contributed by atoms with Gasteiger partial charge in [-0.1, -0.05) is 33.6 Å². The van der Waals surface area contributed by atoms with Crippen molar-refractivity contribution in [2.45, 2.75) is 13.8 Å². The van der Waals surface area contributed by atoms with Gasteiger partial charge in [-0.05, 0) is 49.2 Å². The fourth-order valence-corrected chi connectivity index (χ4v) is 3.08. The molecule has 3 aromatic rings. The molecule has 0 saturated heterocycles. The monoisotopic (exact) mass is 334 g/mol. The number of aromatic amines is 1. The first kappa shape index (κ1) is 12.7. The fraction of sp³-hybridized carbons (Fsp3) is 0.133. The fourth-order valence-electron chi connectivity index (χ4n) is 2.19. The van der Waals surface area contributed by atoms with Crippen LogP contribution >= 0.6 is 27.5 Å². The molecule has 0 spiro atoms. The molecule has 4 heteroatoms. The second-order valence-corrected chi connectivity index (χ2v) is 6.01. The second-order valence-electron chi connectivity index (χ2n) is 4.69. The lowest BCUT2D eigenvalue weighted by molar-refractivity contribution is 1.32. The van der Waals surface area contributed by atoms with Crippen LogP contribution in [0.5, 0.6) is 0 Å². The van der Waals surface area contributed by atoms with E-state index in [-0.39, 0.29) is 0 Å². The number of fused-ring (bicyclic) bond motifs is 1. The number of aromatic nitrogens is 2. The molecule has 0 atom stereocenters. The van der Waals surface area contributed by atoms with Gasteiger partial charge in [0.25, 0.3) is 0 Å². The topological polar surface area (TPSA) is 28.7 Å². The molecule has 0 aliphatic heterocycles. The van der Waals surface area contributed by atoms with Crippen LogP contribution in [0.15, 0.2) is 34.8 Å². The molecular weight excluding hydrogens is 324 g/mol. The van der Waals surface area contributed by atoms with Gasteiger partial charge in [0, 0.05) is 10.0 Å². The van der Waals surface area contributed by atoms with Crippen molar-refractivity contribution < 1.29 is 0 Å². The van der Waals surface area contributed by atoms with Crippen LogP contribution in [-0.4, -0.2) is 9.97 Å². The summed E-state index contributed by atoms with van der Waals surface area (Å²) in [6, 6.07) is 10.1. The molecule has 0 bridgehead atoms. The highest BCUT2D eigenvalue weighted by atomic mass is 79.9. The van der Waals surface area contributed by atoms with E-state index < -0.39 is 0 Å². The Morgan fingerprint density at radius 3 is 2.68 bits per heavy atom. The van der Waals surface area contributed by atoms with Gasteiger partial charge in [0.1, 0.15) is 5.82 Å². The minimum Gasteiger partial charge on any atom is -0.338 e. The summed E-state index contributed by atoms with van der Waals surface area (Å²) in [5.41, 5.74) is 5.20. The maximum atomic E-state index is 6.29. The largest absolute Gasteiger partial charge is 0.338 e. The van der Waals surface area contributed by atoms with Crippen LogP contribution in [0.2, 0.25) is 5.02 Å². The first-order chi connectivity index (χ1) is 9.04. The number of benzene rings is 2. The molecule has 0 amide bonds. The van der Waals surface area contributed by atoms with E-state index in [0.29, 0.717) is 0 Å². The Hall–Kier alpha value is -1.32. The summed E-state index contributed by atoms with van der Waals surface area (Å²) in [4.78, 5) is 7.98. The molecule has 1 aromatic heterocycles. The molecule has 0 aliphatic rings. The molecule has 96 valence electrons. The Morgan fingerprint density at radius 2 is 1.95 bits per heavy atom. The average molecular weight is 336 g/mol. The molecule has 0 aliphatic carbocycles. The maximum Gasteiger partial charge on any atom is 0.140 e. The number of hydrogen-bond donors (Lipinski definition) is 1. The second kappa shape index (κ2) is 4.66. The maximum absolute atomic E-state index is 6.29. The normalized spacial score (nSPS) is 11.2. The van der Waals surface area contributed by atoms with Gasteiger partial charge in [-0.25, -0.2) is 4.98 Å². The number of rotatable bonds is 1. The van der Waals surface area contributed by atoms with E-state index in [0.717, 1.165) is 43.0 Å². The van der Waals surface area contributed by atoms with Gasteiger partial charge in [-0.3, -0.25) is 0 Å². The van der Waals surface area contributed by atoms with Crippen LogP contribution in [0.25, 0.3) is 22.4 Å². The Morgan fingerprint density at radius 1 is 1.16 bits per heavy atom. The highest BCUT2D eigenvalue weighted by Gasteiger charge is 2.11. The minimum atomic E-state index is 0.718. The van der Waals surface area contributed by atoms with Crippen molar-refractivity contribution in [2.75, 3.05) is 0 Å². The van der Waals surface area contributed by atoms with Gasteiger partial charge in [-0.15, -0.1) is 0 Å². The number of H-pyrrole nitrogens is 1. The predicted molar refractivity (Wildman–Crippen MR) is 83.7 cm³/mol. The van der Waals surface area contributed by atoms with Gasteiger partial charge in [-0.2, -0.15) is 0 Å². The molecule has 19 heavy (non-hydrogen) atoms. The van der Waals surface area contributed by atoms with E-state index in [4.69, 9.17) is 11.6 Å². The van der Waals surface area contributed by atoms with Gasteiger partial charge in [0.05, 0.1) is 16.1 Å². The summed E-state index contributed by atoms with van der Waals surface area (Å²) in [7, 11) is 0. The SMILES string of the molecule is Cc1ccc(-c2nc3c(C)cc(Br)cc3[nH]2)c(Cl)c1. The van der Waals surface area contributed by atoms with Crippen molar-refractivity contribution in [2.24, 2.45) is 0 Å². The van der Waals surface area contributed by atoms with Crippen LogP contribution in [0, 0.1) is 13.8 Å². The number of nitrogens with zero attached hydrogens (tertiary/aromatic N) is 1. The third-order valence-corrected chi connectivity index (χ3v) is 3.89. The highest BCUT2D eigenvalue weighted by Crippen LogP contribution is 2.30. The smallest absolute Gasteiger partial charge is 0.140 e. The Labute approximate surface area is 124 Å². The lowest BCUT2D eigenvalue weighted by Gasteiger charge is -2.01. The van der Waals surface area contributed by atoms with Crippen molar-refractivity contribution >= 4 is 38.6 Å². The van der Waals surface area contributed by atoms with E-state index >= 15 is 0 Å². The van der Waals surface area contributed by atoms with Crippen molar-refractivity contribution in [1.82, 2.24) is 9.97 Å². The van der Waals surface area contributed by atoms with Gasteiger partial charge < -0.3 is 4.98 Å². The molecule has 3 rings (SSSR count). The first-order valence-electron chi connectivity index (χ1n) is 5.97. The zero-order chi connectivity index (χ0) is 13.6. The third kappa shape index (κ3) is 2.28. The van der Waals surface area contributed by atoms with Crippen LogP contribution in [0.1, 0.15) is 11.1 Å². The summed E-state index contributed by atoms with van der Waals surface area (Å²) >= 11 is 9.79. The first-order valence-corrected chi connectivity index (χ1v) is 7.14. The van der Waals surface area contributed by atoms with E-state index in [1.807, 2.05) is 31.2 Å². The van der Waals surface area contributed by atoms with E-state index in [2.05, 4.69) is 38.9 Å². The molecule has 0 radical (unpaired) electrons. The average Bonchev–Trinajstić information content (AvgIpc) is 2.72. The number of hydrogen-bond acceptors (Lipinski definition) is 1. The molecule has 1 heterocycles. The van der Waals surface area contributed by atoms with Crippen molar-refractivity contribution in [3.8, 4) is 11.4 Å². The van der Waals surface area contributed by atoms with Crippen molar-refractivity contribution in [3.63, 3.8) is 0 Å². The van der Waals surface area contributed by atoms with Crippen molar-refractivity contribution in [3.05, 3.63) is 51.0 Å². The zero-order valence-electron chi connectivity index (χ0n) is 10.6. The molecular formula is C15H12BrClN2. The summed E-state index contributed by atoms with van der Waals surface area (Å²) in [6.45, 7) is 4.07. The van der Waals surface area contributed by atoms with Crippen LogP contribution in [0.3, 0.4) is 0 Å². The quantitative estimate of drug-likeness (QED) is 0.645. The number of aryl methyl sites for hydroxylation is 2. The molecule has 0 fully saturated rings. The van der Waals surface area contributed by atoms with Crippen LogP contribution in [-0.2, 0) is 0 Å². The van der Waals surface area contributed by atoms with Crippen molar-refractivity contribution in [1.29, 1.82) is 0 Å². The standard InChI is InChI=1S/C15H12BrClN2/c1-8-3-4-11(12(17)5-8)15-18-13-7-10(16)6-9(2)14(13)19-15/h3-7H,1-2H3,(H,18,19). The summed E-state index contributed by atoms with van der Waals surface area (Å²) in [5, 5.41) is 0.718. The zero-order valence-corrected chi connectivity index (χ0v) is 12.9. The van der Waals surface area contributed by atoms with Gasteiger partial charge in [0.2, 0.25) is 0 Å². The highest BCUT2D eigenvalue weighted by molar-refractivity contribution is 9.10. The van der Waals surface area contributed by atoms with Crippen LogP contribution in [0.4, 0.5) is 0 Å². The predicted octanol–water partition coefficient (Wildman–Crippen LogP) is 5.26. The summed E-state index contributed by atoms with van der Waals surface area (Å²) in [5.74, 6) is 0.807. The van der Waals surface area contributed by atoms with E-state index in [1.54, 1.807) is 0 Å². The molecule has 2 nitrogen and oxygen atoms in total. The lowest BCUT2D eigenvalue weighted by Crippen LogP contribution is -1.83.